The van der Waals surface area contributed by atoms with Crippen LogP contribution in [-0.4, -0.2) is 83.7 Å². The Labute approximate surface area is 234 Å². The molecule has 13 heteroatoms. The maximum atomic E-state index is 13.2. The number of likely N-dealkylation sites (tertiary alicyclic amines) is 1. The molecule has 2 aromatic carbocycles. The van der Waals surface area contributed by atoms with E-state index in [1.54, 1.807) is 11.9 Å². The first kappa shape index (κ1) is 27.8. The number of piperidine rings is 1. The number of carbonyl (C=O) groups is 4. The molecule has 1 spiro atoms. The lowest BCUT2D eigenvalue weighted by Gasteiger charge is -2.43. The van der Waals surface area contributed by atoms with E-state index < -0.39 is 29.5 Å². The third kappa shape index (κ3) is 5.48. The highest BCUT2D eigenvalue weighted by atomic mass is 35.5. The molecule has 2 aliphatic rings. The number of hydrogen-bond donors (Lipinski definition) is 3. The second-order valence-corrected chi connectivity index (χ2v) is 10.5. The van der Waals surface area contributed by atoms with Crippen molar-refractivity contribution in [3.05, 3.63) is 63.1 Å². The number of urea groups is 1. The molecule has 0 aromatic heterocycles. The van der Waals surface area contributed by atoms with E-state index in [1.165, 1.54) is 17.0 Å². The van der Waals surface area contributed by atoms with Gasteiger partial charge in [-0.25, -0.2) is 9.59 Å². The number of carboxylic acids is 1. The van der Waals surface area contributed by atoms with Crippen LogP contribution in [0.3, 0.4) is 0 Å². The van der Waals surface area contributed by atoms with Crippen molar-refractivity contribution in [2.75, 3.05) is 38.3 Å². The lowest BCUT2D eigenvalue weighted by atomic mass is 9.85. The van der Waals surface area contributed by atoms with Gasteiger partial charge in [0.2, 0.25) is 5.91 Å². The zero-order valence-electron chi connectivity index (χ0n) is 20.4. The standard InChI is InChI=1S/C25H26Cl3N5O5/c1-31-14-33(16-5-3-2-4-6-16)25(23(31)37)7-9-32(10-8-25)24(38)29-13-19(22(35)36)30-21(34)20-17(27)11-15(26)12-18(20)28/h2-6,11-12,19H,7-10,13-14H2,1H3,(H,29,38)(H,30,34)(H,35,36). The van der Waals surface area contributed by atoms with E-state index in [2.05, 4.69) is 15.5 Å². The summed E-state index contributed by atoms with van der Waals surface area (Å²) >= 11 is 18.0. The van der Waals surface area contributed by atoms with E-state index in [0.29, 0.717) is 32.6 Å². The second kappa shape index (κ2) is 11.3. The van der Waals surface area contributed by atoms with Crippen LogP contribution in [0.4, 0.5) is 10.5 Å². The van der Waals surface area contributed by atoms with E-state index in [0.717, 1.165) is 5.69 Å². The van der Waals surface area contributed by atoms with Crippen molar-refractivity contribution in [2.45, 2.75) is 24.4 Å². The minimum absolute atomic E-state index is 0.00888. The normalized spacial score (nSPS) is 17.5. The Hall–Kier alpha value is -3.21. The van der Waals surface area contributed by atoms with Gasteiger partial charge in [0.05, 0.1) is 28.8 Å². The van der Waals surface area contributed by atoms with Crippen molar-refractivity contribution in [3.63, 3.8) is 0 Å². The molecule has 0 aliphatic carbocycles. The first-order chi connectivity index (χ1) is 18.0. The maximum Gasteiger partial charge on any atom is 0.328 e. The van der Waals surface area contributed by atoms with Crippen LogP contribution in [-0.2, 0) is 9.59 Å². The van der Waals surface area contributed by atoms with Gasteiger partial charge in [-0.15, -0.1) is 0 Å². The molecule has 3 N–H and O–H groups in total. The molecule has 0 bridgehead atoms. The van der Waals surface area contributed by atoms with Crippen LogP contribution in [0.15, 0.2) is 42.5 Å². The highest BCUT2D eigenvalue weighted by Gasteiger charge is 2.53. The molecule has 1 atom stereocenters. The van der Waals surface area contributed by atoms with Crippen molar-refractivity contribution in [1.82, 2.24) is 20.4 Å². The highest BCUT2D eigenvalue weighted by Crippen LogP contribution is 2.39. The smallest absolute Gasteiger partial charge is 0.328 e. The average Bonchev–Trinajstić information content (AvgIpc) is 3.11. The largest absolute Gasteiger partial charge is 0.480 e. The van der Waals surface area contributed by atoms with Crippen LogP contribution in [0, 0.1) is 0 Å². The molecule has 2 heterocycles. The monoisotopic (exact) mass is 581 g/mol. The fourth-order valence-corrected chi connectivity index (χ4v) is 5.86. The Balaban J connectivity index is 1.37. The van der Waals surface area contributed by atoms with Gasteiger partial charge in [0.25, 0.3) is 5.91 Å². The summed E-state index contributed by atoms with van der Waals surface area (Å²) in [6, 6.07) is 10.4. The number of para-hydroxylation sites is 1. The number of carbonyl (C=O) groups excluding carboxylic acids is 3. The highest BCUT2D eigenvalue weighted by molar-refractivity contribution is 6.42. The molecular weight excluding hydrogens is 557 g/mol. The number of aliphatic carboxylic acids is 1. The third-order valence-electron chi connectivity index (χ3n) is 6.86. The number of hydrogen-bond acceptors (Lipinski definition) is 5. The molecule has 2 aliphatic heterocycles. The van der Waals surface area contributed by atoms with Crippen LogP contribution in [0.5, 0.6) is 0 Å². The quantitative estimate of drug-likeness (QED) is 0.480. The lowest BCUT2D eigenvalue weighted by Crippen LogP contribution is -2.59. The van der Waals surface area contributed by atoms with Gasteiger partial charge in [0.1, 0.15) is 11.6 Å². The zero-order valence-corrected chi connectivity index (χ0v) is 22.7. The van der Waals surface area contributed by atoms with Crippen molar-refractivity contribution in [2.24, 2.45) is 0 Å². The van der Waals surface area contributed by atoms with E-state index in [1.807, 2.05) is 30.3 Å². The summed E-state index contributed by atoms with van der Waals surface area (Å²) in [7, 11) is 1.76. The van der Waals surface area contributed by atoms with Gasteiger partial charge in [-0.2, -0.15) is 0 Å². The molecule has 1 unspecified atom stereocenters. The minimum atomic E-state index is -1.44. The molecule has 202 valence electrons. The van der Waals surface area contributed by atoms with Crippen molar-refractivity contribution < 1.29 is 24.3 Å². The van der Waals surface area contributed by atoms with E-state index in [9.17, 15) is 24.3 Å². The number of halogens is 3. The van der Waals surface area contributed by atoms with Gasteiger partial charge in [0, 0.05) is 30.8 Å². The number of amides is 4. The van der Waals surface area contributed by atoms with Gasteiger partial charge in [-0.3, -0.25) is 9.59 Å². The predicted octanol–water partition coefficient (Wildman–Crippen LogP) is 3.31. The first-order valence-corrected chi connectivity index (χ1v) is 13.0. The fraction of sp³-hybridized carbons (Fsp3) is 0.360. The van der Waals surface area contributed by atoms with Crippen LogP contribution in [0.25, 0.3) is 0 Å². The molecule has 2 fully saturated rings. The fourth-order valence-electron chi connectivity index (χ4n) is 4.87. The summed E-state index contributed by atoms with van der Waals surface area (Å²) in [5.74, 6) is -2.16. The molecule has 4 amide bonds. The minimum Gasteiger partial charge on any atom is -0.480 e. The van der Waals surface area contributed by atoms with Crippen molar-refractivity contribution in [1.29, 1.82) is 0 Å². The Kier molecular flexibility index (Phi) is 8.25. The molecule has 2 saturated heterocycles. The van der Waals surface area contributed by atoms with Crippen molar-refractivity contribution >= 4 is 64.3 Å². The van der Waals surface area contributed by atoms with Gasteiger partial charge in [0.15, 0.2) is 0 Å². The Bertz CT molecular complexity index is 1230. The number of nitrogens with one attached hydrogen (secondary N) is 2. The van der Waals surface area contributed by atoms with Gasteiger partial charge in [-0.05, 0) is 37.1 Å². The summed E-state index contributed by atoms with van der Waals surface area (Å²) in [6.07, 6.45) is 0.844. The molecule has 38 heavy (non-hydrogen) atoms. The molecule has 0 radical (unpaired) electrons. The number of anilines is 1. The number of nitrogens with zero attached hydrogens (tertiary/aromatic N) is 3. The molecular formula is C25H26Cl3N5O5. The number of likely N-dealkylation sites (N-methyl/N-ethyl adjacent to an activating group) is 1. The summed E-state index contributed by atoms with van der Waals surface area (Å²) in [5, 5.41) is 14.6. The van der Waals surface area contributed by atoms with E-state index >= 15 is 0 Å². The average molecular weight is 583 g/mol. The van der Waals surface area contributed by atoms with Crippen LogP contribution in [0.1, 0.15) is 23.2 Å². The first-order valence-electron chi connectivity index (χ1n) is 11.8. The Morgan fingerprint density at radius 1 is 1.05 bits per heavy atom. The number of rotatable bonds is 6. The van der Waals surface area contributed by atoms with Gasteiger partial charge in [-0.1, -0.05) is 53.0 Å². The second-order valence-electron chi connectivity index (χ2n) is 9.22. The predicted molar refractivity (Wildman–Crippen MR) is 144 cm³/mol. The van der Waals surface area contributed by atoms with Crippen LogP contribution >= 0.6 is 34.8 Å². The van der Waals surface area contributed by atoms with E-state index in [-0.39, 0.29) is 33.1 Å². The summed E-state index contributed by atoms with van der Waals surface area (Å²) in [5.41, 5.74) is 0.0662. The Morgan fingerprint density at radius 3 is 2.24 bits per heavy atom. The zero-order chi connectivity index (χ0) is 27.6. The lowest BCUT2D eigenvalue weighted by molar-refractivity contribution is -0.139. The van der Waals surface area contributed by atoms with Gasteiger partial charge >= 0.3 is 12.0 Å². The topological polar surface area (TPSA) is 122 Å². The summed E-state index contributed by atoms with van der Waals surface area (Å²) in [4.78, 5) is 55.7. The molecule has 10 nitrogen and oxygen atoms in total. The summed E-state index contributed by atoms with van der Waals surface area (Å²) < 4.78 is 0. The van der Waals surface area contributed by atoms with Crippen LogP contribution in [0.2, 0.25) is 15.1 Å². The Morgan fingerprint density at radius 2 is 1.66 bits per heavy atom. The maximum absolute atomic E-state index is 13.2. The molecule has 0 saturated carbocycles. The van der Waals surface area contributed by atoms with Crippen LogP contribution < -0.4 is 15.5 Å². The number of benzene rings is 2. The number of carboxylic acid groups (broad SMARTS) is 1. The molecule has 2 aromatic rings. The van der Waals surface area contributed by atoms with Gasteiger partial charge < -0.3 is 30.4 Å². The SMILES string of the molecule is CN1CN(c2ccccc2)C2(CCN(C(=O)NCC(NC(=O)c3c(Cl)cc(Cl)cc3Cl)C(=O)O)CC2)C1=O. The summed E-state index contributed by atoms with van der Waals surface area (Å²) in [6.45, 7) is 0.683. The van der Waals surface area contributed by atoms with Crippen molar-refractivity contribution in [3.8, 4) is 0 Å². The van der Waals surface area contributed by atoms with E-state index in [4.69, 9.17) is 34.8 Å². The molecule has 4 rings (SSSR count). The third-order valence-corrected chi connectivity index (χ3v) is 7.67.